The van der Waals surface area contributed by atoms with Crippen LogP contribution in [-0.2, 0) is 0 Å². The third kappa shape index (κ3) is 3.25. The fourth-order valence-electron chi connectivity index (χ4n) is 4.24. The molecule has 3 aromatic heterocycles. The Labute approximate surface area is 174 Å². The lowest BCUT2D eigenvalue weighted by Crippen LogP contribution is -2.50. The van der Waals surface area contributed by atoms with Crippen LogP contribution >= 0.6 is 0 Å². The molecular formula is C23H25N5O2. The molecule has 4 aromatic rings. The zero-order chi connectivity index (χ0) is 20.8. The van der Waals surface area contributed by atoms with Gasteiger partial charge in [0.2, 0.25) is 0 Å². The van der Waals surface area contributed by atoms with Crippen LogP contribution in [0, 0.1) is 13.8 Å². The lowest BCUT2D eigenvalue weighted by Gasteiger charge is -2.35. The molecule has 0 spiro atoms. The van der Waals surface area contributed by atoms with Gasteiger partial charge in [-0.2, -0.15) is 0 Å². The maximum Gasteiger partial charge on any atom is 0.345 e. The zero-order valence-corrected chi connectivity index (χ0v) is 17.5. The summed E-state index contributed by atoms with van der Waals surface area (Å²) in [7, 11) is 0. The maximum atomic E-state index is 12.8. The van der Waals surface area contributed by atoms with Crippen LogP contribution < -0.4 is 15.8 Å². The van der Waals surface area contributed by atoms with Gasteiger partial charge in [-0.1, -0.05) is 6.92 Å². The van der Waals surface area contributed by atoms with E-state index >= 15 is 0 Å². The Hall–Kier alpha value is -3.19. The Bertz CT molecular complexity index is 1310. The van der Waals surface area contributed by atoms with Gasteiger partial charge in [0, 0.05) is 55.2 Å². The largest absolute Gasteiger partial charge is 0.422 e. The van der Waals surface area contributed by atoms with Crippen molar-refractivity contribution >= 4 is 22.3 Å². The molecule has 1 aromatic carbocycles. The van der Waals surface area contributed by atoms with Gasteiger partial charge in [-0.3, -0.25) is 4.98 Å². The number of hydrogen-bond donors (Lipinski definition) is 1. The Morgan fingerprint density at radius 2 is 2.07 bits per heavy atom. The number of aromatic nitrogens is 3. The Balaban J connectivity index is 1.55. The zero-order valence-electron chi connectivity index (χ0n) is 17.5. The van der Waals surface area contributed by atoms with E-state index in [0.29, 0.717) is 22.9 Å². The summed E-state index contributed by atoms with van der Waals surface area (Å²) < 4.78 is 7.63. The molecule has 0 radical (unpaired) electrons. The van der Waals surface area contributed by atoms with Crippen molar-refractivity contribution < 1.29 is 4.42 Å². The smallest absolute Gasteiger partial charge is 0.345 e. The van der Waals surface area contributed by atoms with E-state index in [1.807, 2.05) is 48.8 Å². The highest BCUT2D eigenvalue weighted by atomic mass is 16.4. The number of aryl methyl sites for hydroxylation is 2. The first-order chi connectivity index (χ1) is 14.5. The molecule has 7 nitrogen and oxygen atoms in total. The van der Waals surface area contributed by atoms with Gasteiger partial charge >= 0.3 is 5.63 Å². The van der Waals surface area contributed by atoms with Gasteiger partial charge in [-0.05, 0) is 38.5 Å². The molecule has 0 unspecified atom stereocenters. The highest BCUT2D eigenvalue weighted by molar-refractivity contribution is 5.84. The number of imidazole rings is 1. The van der Waals surface area contributed by atoms with Crippen molar-refractivity contribution in [1.29, 1.82) is 0 Å². The van der Waals surface area contributed by atoms with Crippen LogP contribution in [-0.4, -0.2) is 40.0 Å². The number of fused-ring (bicyclic) bond motifs is 2. The molecule has 154 valence electrons. The topological polar surface area (TPSA) is 75.7 Å². The van der Waals surface area contributed by atoms with Crippen LogP contribution in [0.15, 0.2) is 45.9 Å². The van der Waals surface area contributed by atoms with E-state index in [4.69, 9.17) is 4.42 Å². The molecule has 5 rings (SSSR count). The van der Waals surface area contributed by atoms with Gasteiger partial charge in [0.1, 0.15) is 5.58 Å². The number of nitrogens with zero attached hydrogens (tertiary/aromatic N) is 4. The minimum atomic E-state index is -0.378. The SMILES string of the molecule is CC[C@H]1CN(c2ccc3cc(-c4cn5cc(C)nc(C)c5n4)c(=O)oc3c2)CCN1. The van der Waals surface area contributed by atoms with Crippen molar-refractivity contribution in [2.75, 3.05) is 24.5 Å². The van der Waals surface area contributed by atoms with Crippen LogP contribution in [0.5, 0.6) is 0 Å². The first-order valence-corrected chi connectivity index (χ1v) is 10.4. The van der Waals surface area contributed by atoms with Gasteiger partial charge in [0.15, 0.2) is 5.65 Å². The molecule has 1 aliphatic rings. The summed E-state index contributed by atoms with van der Waals surface area (Å²) in [5.41, 5.74) is 4.85. The third-order valence-electron chi connectivity index (χ3n) is 5.83. The van der Waals surface area contributed by atoms with Gasteiger partial charge in [-0.15, -0.1) is 0 Å². The highest BCUT2D eigenvalue weighted by Crippen LogP contribution is 2.26. The van der Waals surface area contributed by atoms with E-state index in [9.17, 15) is 4.79 Å². The van der Waals surface area contributed by atoms with E-state index in [0.717, 1.165) is 54.2 Å². The third-order valence-corrected chi connectivity index (χ3v) is 5.83. The number of piperazine rings is 1. The minimum absolute atomic E-state index is 0.378. The molecule has 0 bridgehead atoms. The molecule has 0 amide bonds. The lowest BCUT2D eigenvalue weighted by molar-refractivity contribution is 0.447. The van der Waals surface area contributed by atoms with E-state index in [1.165, 1.54) is 0 Å². The molecule has 1 fully saturated rings. The molecule has 30 heavy (non-hydrogen) atoms. The van der Waals surface area contributed by atoms with Crippen LogP contribution in [0.3, 0.4) is 0 Å². The van der Waals surface area contributed by atoms with Gasteiger partial charge in [-0.25, -0.2) is 9.78 Å². The molecule has 1 aliphatic heterocycles. The van der Waals surface area contributed by atoms with Crippen molar-refractivity contribution in [3.8, 4) is 11.3 Å². The summed E-state index contributed by atoms with van der Waals surface area (Å²) in [4.78, 5) is 24.2. The second-order valence-corrected chi connectivity index (χ2v) is 8.00. The second-order valence-electron chi connectivity index (χ2n) is 8.00. The first-order valence-electron chi connectivity index (χ1n) is 10.4. The molecule has 4 heterocycles. The van der Waals surface area contributed by atoms with Crippen molar-refractivity contribution in [3.63, 3.8) is 0 Å². The fraction of sp³-hybridized carbons (Fsp3) is 0.348. The first kappa shape index (κ1) is 18.8. The second kappa shape index (κ2) is 7.25. The number of rotatable bonds is 3. The summed E-state index contributed by atoms with van der Waals surface area (Å²) in [6, 6.07) is 8.45. The van der Waals surface area contributed by atoms with E-state index in [-0.39, 0.29) is 5.63 Å². The Kier molecular flexibility index (Phi) is 4.55. The standard InChI is InChI=1S/C23H25N5O2/c1-4-17-12-27(8-7-24-17)18-6-5-16-9-19(23(29)30-21(16)10-18)20-13-28-11-14(2)25-15(3)22(28)26-20/h5-6,9-11,13,17,24H,4,7-8,12H2,1-3H3/t17-/m0/s1. The normalized spacial score (nSPS) is 17.2. The van der Waals surface area contributed by atoms with Crippen molar-refractivity contribution in [2.24, 2.45) is 0 Å². The predicted octanol–water partition coefficient (Wildman–Crippen LogP) is 3.31. The predicted molar refractivity (Wildman–Crippen MR) is 118 cm³/mol. The van der Waals surface area contributed by atoms with Crippen molar-refractivity contribution in [2.45, 2.75) is 33.2 Å². The molecule has 1 atom stereocenters. The van der Waals surface area contributed by atoms with Crippen LogP contribution in [0.2, 0.25) is 0 Å². The number of hydrogen-bond acceptors (Lipinski definition) is 6. The average molecular weight is 403 g/mol. The molecule has 0 aliphatic carbocycles. The van der Waals surface area contributed by atoms with E-state index < -0.39 is 0 Å². The highest BCUT2D eigenvalue weighted by Gasteiger charge is 2.19. The Morgan fingerprint density at radius 1 is 1.20 bits per heavy atom. The summed E-state index contributed by atoms with van der Waals surface area (Å²) in [5, 5.41) is 4.42. The van der Waals surface area contributed by atoms with Crippen LogP contribution in [0.1, 0.15) is 24.7 Å². The molecule has 1 N–H and O–H groups in total. The fourth-order valence-corrected chi connectivity index (χ4v) is 4.24. The molecule has 1 saturated heterocycles. The summed E-state index contributed by atoms with van der Waals surface area (Å²) in [6.07, 6.45) is 4.86. The summed E-state index contributed by atoms with van der Waals surface area (Å²) >= 11 is 0. The van der Waals surface area contributed by atoms with Crippen LogP contribution in [0.4, 0.5) is 5.69 Å². The molecule has 0 saturated carbocycles. The minimum Gasteiger partial charge on any atom is -0.422 e. The van der Waals surface area contributed by atoms with Crippen molar-refractivity contribution in [3.05, 3.63) is 58.5 Å². The van der Waals surface area contributed by atoms with Crippen molar-refractivity contribution in [1.82, 2.24) is 19.7 Å². The number of benzene rings is 1. The summed E-state index contributed by atoms with van der Waals surface area (Å²) in [5.74, 6) is 0. The molecular weight excluding hydrogens is 378 g/mol. The van der Waals surface area contributed by atoms with E-state index in [1.54, 1.807) is 0 Å². The van der Waals surface area contributed by atoms with E-state index in [2.05, 4.69) is 33.2 Å². The van der Waals surface area contributed by atoms with Gasteiger partial charge in [0.05, 0.1) is 22.6 Å². The molecule has 7 heteroatoms. The van der Waals surface area contributed by atoms with Gasteiger partial charge < -0.3 is 19.0 Å². The Morgan fingerprint density at radius 3 is 2.90 bits per heavy atom. The van der Waals surface area contributed by atoms with Gasteiger partial charge in [0.25, 0.3) is 0 Å². The quantitative estimate of drug-likeness (QED) is 0.529. The van der Waals surface area contributed by atoms with Crippen LogP contribution in [0.25, 0.3) is 27.9 Å². The summed E-state index contributed by atoms with van der Waals surface area (Å²) in [6.45, 7) is 8.91. The number of nitrogens with one attached hydrogen (secondary N) is 1. The monoisotopic (exact) mass is 403 g/mol. The maximum absolute atomic E-state index is 12.8. The lowest BCUT2D eigenvalue weighted by atomic mass is 10.1. The number of anilines is 1. The average Bonchev–Trinajstić information content (AvgIpc) is 3.17.